The van der Waals surface area contributed by atoms with Crippen molar-refractivity contribution in [3.05, 3.63) is 31.9 Å². The van der Waals surface area contributed by atoms with Crippen LogP contribution in [0.4, 0.5) is 0 Å². The molecule has 1 rings (SSSR count). The summed E-state index contributed by atoms with van der Waals surface area (Å²) < 4.78 is 0.782. The van der Waals surface area contributed by atoms with Crippen LogP contribution in [0.5, 0.6) is 0 Å². The molecule has 2 nitrogen and oxygen atoms in total. The lowest BCUT2D eigenvalue weighted by Gasteiger charge is -1.97. The highest BCUT2D eigenvalue weighted by atomic mass is 127. The van der Waals surface area contributed by atoms with Crippen LogP contribution in [-0.4, -0.2) is 0 Å². The summed E-state index contributed by atoms with van der Waals surface area (Å²) in [5.74, 6) is 0. The summed E-state index contributed by atoms with van der Waals surface area (Å²) in [7, 11) is 0. The number of hydrogen-bond donors (Lipinski definition) is 0. The molecule has 0 saturated carbocycles. The SMILES string of the molecule is N#Cc1cc(Cl)c(I)cc1C#N. The van der Waals surface area contributed by atoms with Crippen LogP contribution in [0.25, 0.3) is 0 Å². The van der Waals surface area contributed by atoms with Gasteiger partial charge < -0.3 is 0 Å². The second-order valence-corrected chi connectivity index (χ2v) is 3.60. The van der Waals surface area contributed by atoms with E-state index in [4.69, 9.17) is 22.1 Å². The zero-order chi connectivity index (χ0) is 9.14. The van der Waals surface area contributed by atoms with Crippen molar-refractivity contribution in [3.8, 4) is 12.1 Å². The summed E-state index contributed by atoms with van der Waals surface area (Å²) in [4.78, 5) is 0. The van der Waals surface area contributed by atoms with Gasteiger partial charge in [0.2, 0.25) is 0 Å². The molecule has 0 aliphatic carbocycles. The first-order valence-electron chi connectivity index (χ1n) is 2.98. The number of nitriles is 2. The molecule has 0 radical (unpaired) electrons. The molecule has 0 aliphatic heterocycles. The minimum atomic E-state index is 0.322. The van der Waals surface area contributed by atoms with Gasteiger partial charge in [-0.25, -0.2) is 0 Å². The van der Waals surface area contributed by atoms with Gasteiger partial charge in [-0.15, -0.1) is 0 Å². The molecular formula is C8H2ClIN2. The Morgan fingerprint density at radius 3 is 2.17 bits per heavy atom. The van der Waals surface area contributed by atoms with E-state index in [-0.39, 0.29) is 0 Å². The van der Waals surface area contributed by atoms with Crippen molar-refractivity contribution in [2.75, 3.05) is 0 Å². The second kappa shape index (κ2) is 3.75. The van der Waals surface area contributed by atoms with Gasteiger partial charge in [0.05, 0.1) is 16.1 Å². The van der Waals surface area contributed by atoms with Crippen molar-refractivity contribution in [1.29, 1.82) is 10.5 Å². The zero-order valence-electron chi connectivity index (χ0n) is 5.81. The summed E-state index contributed by atoms with van der Waals surface area (Å²) >= 11 is 7.77. The molecule has 4 heteroatoms. The van der Waals surface area contributed by atoms with Crippen LogP contribution in [0.1, 0.15) is 11.1 Å². The van der Waals surface area contributed by atoms with E-state index < -0.39 is 0 Å². The van der Waals surface area contributed by atoms with Crippen molar-refractivity contribution >= 4 is 34.2 Å². The molecule has 0 fully saturated rings. The Morgan fingerprint density at radius 1 is 1.17 bits per heavy atom. The van der Waals surface area contributed by atoms with Crippen molar-refractivity contribution < 1.29 is 0 Å². The fourth-order valence-corrected chi connectivity index (χ4v) is 1.36. The number of rotatable bonds is 0. The van der Waals surface area contributed by atoms with E-state index in [1.807, 2.05) is 34.7 Å². The third-order valence-electron chi connectivity index (χ3n) is 1.30. The van der Waals surface area contributed by atoms with E-state index >= 15 is 0 Å². The van der Waals surface area contributed by atoms with Crippen LogP contribution in [-0.2, 0) is 0 Å². The van der Waals surface area contributed by atoms with Crippen molar-refractivity contribution in [1.82, 2.24) is 0 Å². The molecule has 0 N–H and O–H groups in total. The fourth-order valence-electron chi connectivity index (χ4n) is 0.732. The van der Waals surface area contributed by atoms with E-state index in [0.29, 0.717) is 16.1 Å². The van der Waals surface area contributed by atoms with E-state index in [1.165, 1.54) is 6.07 Å². The Morgan fingerprint density at radius 2 is 1.67 bits per heavy atom. The number of nitrogens with zero attached hydrogens (tertiary/aromatic N) is 2. The Labute approximate surface area is 88.5 Å². The van der Waals surface area contributed by atoms with Crippen LogP contribution >= 0.6 is 34.2 Å². The first-order valence-corrected chi connectivity index (χ1v) is 4.44. The summed E-state index contributed by atoms with van der Waals surface area (Å²) in [6.45, 7) is 0. The normalized spacial score (nSPS) is 8.67. The summed E-state index contributed by atoms with van der Waals surface area (Å²) in [6, 6.07) is 6.93. The van der Waals surface area contributed by atoms with Crippen molar-refractivity contribution in [2.24, 2.45) is 0 Å². The maximum atomic E-state index is 8.62. The van der Waals surface area contributed by atoms with E-state index in [1.54, 1.807) is 6.07 Å². The average molecular weight is 288 g/mol. The molecule has 0 atom stereocenters. The van der Waals surface area contributed by atoms with E-state index in [9.17, 15) is 0 Å². The van der Waals surface area contributed by atoms with Gasteiger partial charge in [0.15, 0.2) is 0 Å². The van der Waals surface area contributed by atoms with Gasteiger partial charge in [0.25, 0.3) is 0 Å². The summed E-state index contributed by atoms with van der Waals surface area (Å²) in [5.41, 5.74) is 0.689. The third-order valence-corrected chi connectivity index (χ3v) is 2.83. The molecule has 58 valence electrons. The molecule has 0 spiro atoms. The second-order valence-electron chi connectivity index (χ2n) is 2.04. The van der Waals surface area contributed by atoms with Gasteiger partial charge in [-0.1, -0.05) is 11.6 Å². The van der Waals surface area contributed by atoms with Crippen LogP contribution in [0.3, 0.4) is 0 Å². The maximum absolute atomic E-state index is 8.62. The minimum Gasteiger partial charge on any atom is -0.192 e. The Bertz CT molecular complexity index is 362. The Hall–Kier alpha value is -0.780. The van der Waals surface area contributed by atoms with Gasteiger partial charge >= 0.3 is 0 Å². The highest BCUT2D eigenvalue weighted by molar-refractivity contribution is 14.1. The molecular weight excluding hydrogens is 286 g/mol. The maximum Gasteiger partial charge on any atom is 0.101 e. The predicted molar refractivity (Wildman–Crippen MR) is 53.6 cm³/mol. The summed E-state index contributed by atoms with van der Waals surface area (Å²) in [6.07, 6.45) is 0. The fraction of sp³-hybridized carbons (Fsp3) is 0. The monoisotopic (exact) mass is 288 g/mol. The largest absolute Gasteiger partial charge is 0.192 e. The minimum absolute atomic E-state index is 0.322. The van der Waals surface area contributed by atoms with Crippen LogP contribution in [0.15, 0.2) is 12.1 Å². The molecule has 0 saturated heterocycles. The van der Waals surface area contributed by atoms with Gasteiger partial charge in [-0.3, -0.25) is 0 Å². The lowest BCUT2D eigenvalue weighted by Crippen LogP contribution is -1.85. The number of halogens is 2. The van der Waals surface area contributed by atoms with Gasteiger partial charge in [-0.2, -0.15) is 10.5 Å². The van der Waals surface area contributed by atoms with Gasteiger partial charge in [-0.05, 0) is 34.7 Å². The molecule has 0 aliphatic rings. The average Bonchev–Trinajstić information content (AvgIpc) is 2.09. The zero-order valence-corrected chi connectivity index (χ0v) is 8.72. The van der Waals surface area contributed by atoms with E-state index in [2.05, 4.69) is 0 Å². The highest BCUT2D eigenvalue weighted by Crippen LogP contribution is 2.22. The summed E-state index contributed by atoms with van der Waals surface area (Å²) in [5, 5.41) is 17.7. The quantitative estimate of drug-likeness (QED) is 0.689. The predicted octanol–water partition coefficient (Wildman–Crippen LogP) is 2.69. The number of hydrogen-bond acceptors (Lipinski definition) is 2. The molecule has 0 heterocycles. The Kier molecular flexibility index (Phi) is 2.91. The van der Waals surface area contributed by atoms with Gasteiger partial charge in [0.1, 0.15) is 12.1 Å². The van der Waals surface area contributed by atoms with Crippen molar-refractivity contribution in [2.45, 2.75) is 0 Å². The third kappa shape index (κ3) is 1.69. The molecule has 0 unspecified atom stereocenters. The first kappa shape index (κ1) is 9.31. The lowest BCUT2D eigenvalue weighted by molar-refractivity contribution is 1.42. The molecule has 0 aromatic heterocycles. The topological polar surface area (TPSA) is 47.6 Å². The standard InChI is InChI=1S/C8H2ClIN2/c9-7-1-5(3-11)6(4-12)2-8(7)10/h1-2H. The smallest absolute Gasteiger partial charge is 0.101 e. The van der Waals surface area contributed by atoms with Crippen LogP contribution in [0.2, 0.25) is 5.02 Å². The molecule has 0 amide bonds. The molecule has 0 bridgehead atoms. The molecule has 1 aromatic carbocycles. The highest BCUT2D eigenvalue weighted by Gasteiger charge is 2.05. The van der Waals surface area contributed by atoms with Crippen LogP contribution in [0, 0.1) is 26.2 Å². The molecule has 12 heavy (non-hydrogen) atoms. The first-order chi connectivity index (χ1) is 5.69. The molecule has 1 aromatic rings. The Balaban J connectivity index is 3.44. The lowest BCUT2D eigenvalue weighted by atomic mass is 10.1. The van der Waals surface area contributed by atoms with Gasteiger partial charge in [0, 0.05) is 3.57 Å². The van der Waals surface area contributed by atoms with Crippen molar-refractivity contribution in [3.63, 3.8) is 0 Å². The van der Waals surface area contributed by atoms with E-state index in [0.717, 1.165) is 3.57 Å². The van der Waals surface area contributed by atoms with Crippen LogP contribution < -0.4 is 0 Å². The number of benzene rings is 1.